The molecule has 0 saturated carbocycles. The predicted octanol–water partition coefficient (Wildman–Crippen LogP) is 1.73. The van der Waals surface area contributed by atoms with E-state index in [0.29, 0.717) is 11.4 Å². The Morgan fingerprint density at radius 1 is 1.13 bits per heavy atom. The average molecular weight is 407 g/mol. The number of benzene rings is 2. The Kier molecular flexibility index (Phi) is 6.59. The van der Waals surface area contributed by atoms with E-state index in [2.05, 4.69) is 10.3 Å². The fourth-order valence-electron chi connectivity index (χ4n) is 2.92. The number of nitrogens with zero attached hydrogens (tertiary/aromatic N) is 2. The number of methoxy groups -OCH3 is 1. The first-order chi connectivity index (χ1) is 14.5. The van der Waals surface area contributed by atoms with Crippen molar-refractivity contribution < 1.29 is 19.4 Å². The third-order valence-electron chi connectivity index (χ3n) is 4.49. The molecule has 0 fully saturated rings. The van der Waals surface area contributed by atoms with Gasteiger partial charge >= 0.3 is 5.97 Å². The molecule has 3 aromatic rings. The molecule has 0 unspecified atom stereocenters. The number of carboxylic acid groups (broad SMARTS) is 1. The second kappa shape index (κ2) is 9.51. The summed E-state index contributed by atoms with van der Waals surface area (Å²) in [4.78, 5) is 40.2. The highest BCUT2D eigenvalue weighted by Gasteiger charge is 2.20. The quantitative estimate of drug-likeness (QED) is 0.588. The number of carboxylic acids is 1. The highest BCUT2D eigenvalue weighted by molar-refractivity contribution is 5.83. The van der Waals surface area contributed by atoms with E-state index in [1.807, 2.05) is 6.07 Å². The zero-order valence-corrected chi connectivity index (χ0v) is 16.3. The van der Waals surface area contributed by atoms with Crippen LogP contribution in [-0.2, 0) is 22.6 Å². The van der Waals surface area contributed by atoms with E-state index in [9.17, 15) is 19.5 Å². The monoisotopic (exact) mass is 407 g/mol. The molecule has 1 aromatic heterocycles. The van der Waals surface area contributed by atoms with Crippen molar-refractivity contribution in [2.75, 3.05) is 7.11 Å². The maximum absolute atomic E-state index is 12.4. The second-order valence-corrected chi connectivity index (χ2v) is 6.62. The molecule has 0 aliphatic heterocycles. The van der Waals surface area contributed by atoms with Gasteiger partial charge in [-0.2, -0.15) is 0 Å². The van der Waals surface area contributed by atoms with Gasteiger partial charge in [-0.3, -0.25) is 9.59 Å². The number of nitrogens with one attached hydrogen (secondary N) is 1. The highest BCUT2D eigenvalue weighted by Crippen LogP contribution is 2.19. The minimum absolute atomic E-state index is 0.143. The van der Waals surface area contributed by atoms with Gasteiger partial charge in [0.2, 0.25) is 5.91 Å². The van der Waals surface area contributed by atoms with Crippen molar-refractivity contribution in [1.29, 1.82) is 0 Å². The van der Waals surface area contributed by atoms with Crippen molar-refractivity contribution in [1.82, 2.24) is 14.9 Å². The third kappa shape index (κ3) is 5.32. The maximum Gasteiger partial charge on any atom is 0.326 e. The lowest BCUT2D eigenvalue weighted by atomic mass is 10.1. The smallest absolute Gasteiger partial charge is 0.326 e. The van der Waals surface area contributed by atoms with Crippen molar-refractivity contribution in [3.05, 3.63) is 82.9 Å². The predicted molar refractivity (Wildman–Crippen MR) is 110 cm³/mol. The number of aliphatic carboxylic acids is 1. The van der Waals surface area contributed by atoms with Gasteiger partial charge in [0.1, 0.15) is 18.3 Å². The molecule has 1 amide bonds. The van der Waals surface area contributed by atoms with Gasteiger partial charge in [0.25, 0.3) is 5.56 Å². The zero-order chi connectivity index (χ0) is 21.5. The number of amides is 1. The van der Waals surface area contributed by atoms with Crippen LogP contribution in [0, 0.1) is 0 Å². The molecule has 0 bridgehead atoms. The van der Waals surface area contributed by atoms with E-state index in [1.165, 1.54) is 10.8 Å². The van der Waals surface area contributed by atoms with E-state index >= 15 is 0 Å². The van der Waals surface area contributed by atoms with Gasteiger partial charge in [0.05, 0.1) is 19.0 Å². The molecule has 8 heteroatoms. The van der Waals surface area contributed by atoms with Crippen LogP contribution >= 0.6 is 0 Å². The molecule has 8 nitrogen and oxygen atoms in total. The van der Waals surface area contributed by atoms with Crippen LogP contribution in [-0.4, -0.2) is 39.7 Å². The van der Waals surface area contributed by atoms with Gasteiger partial charge in [-0.05, 0) is 29.8 Å². The summed E-state index contributed by atoms with van der Waals surface area (Å²) in [5.41, 5.74) is 1.58. The lowest BCUT2D eigenvalue weighted by Crippen LogP contribution is -2.44. The summed E-state index contributed by atoms with van der Waals surface area (Å²) in [7, 11) is 1.56. The fourth-order valence-corrected chi connectivity index (χ4v) is 2.92. The lowest BCUT2D eigenvalue weighted by molar-refractivity contribution is -0.141. The van der Waals surface area contributed by atoms with Crippen LogP contribution in [0.5, 0.6) is 5.75 Å². The summed E-state index contributed by atoms with van der Waals surface area (Å²) in [6.07, 6.45) is 2.74. The Hall–Kier alpha value is -3.94. The van der Waals surface area contributed by atoms with Crippen molar-refractivity contribution in [3.8, 4) is 17.0 Å². The fraction of sp³-hybridized carbons (Fsp3) is 0.182. The molecule has 0 aliphatic rings. The molecular weight excluding hydrogens is 386 g/mol. The Balaban J connectivity index is 1.73. The molecule has 154 valence electrons. The summed E-state index contributed by atoms with van der Waals surface area (Å²) in [6.45, 7) is -0.316. The minimum atomic E-state index is -1.15. The SMILES string of the molecule is COc1ccc(-c2cn(CC(=O)N[C@H](Cc3ccccc3)C(=O)O)c(=O)cn2)cc1. The Labute approximate surface area is 172 Å². The minimum Gasteiger partial charge on any atom is -0.497 e. The number of aromatic nitrogens is 2. The van der Waals surface area contributed by atoms with Crippen LogP contribution < -0.4 is 15.6 Å². The number of rotatable bonds is 8. The first-order valence-corrected chi connectivity index (χ1v) is 9.23. The Bertz CT molecular complexity index is 1080. The van der Waals surface area contributed by atoms with Gasteiger partial charge in [-0.1, -0.05) is 30.3 Å². The van der Waals surface area contributed by atoms with Crippen molar-refractivity contribution in [3.63, 3.8) is 0 Å². The van der Waals surface area contributed by atoms with Gasteiger partial charge in [-0.25, -0.2) is 9.78 Å². The molecule has 3 rings (SSSR count). The molecule has 0 aliphatic carbocycles. The van der Waals surface area contributed by atoms with Crippen LogP contribution in [0.2, 0.25) is 0 Å². The number of hydrogen-bond donors (Lipinski definition) is 2. The lowest BCUT2D eigenvalue weighted by Gasteiger charge is -2.15. The van der Waals surface area contributed by atoms with Crippen LogP contribution in [0.3, 0.4) is 0 Å². The summed E-state index contributed by atoms with van der Waals surface area (Å²) in [5, 5.41) is 11.9. The summed E-state index contributed by atoms with van der Waals surface area (Å²) in [5.74, 6) is -1.04. The number of carbonyl (C=O) groups excluding carboxylic acids is 1. The summed E-state index contributed by atoms with van der Waals surface area (Å²) >= 11 is 0. The third-order valence-corrected chi connectivity index (χ3v) is 4.49. The number of hydrogen-bond acceptors (Lipinski definition) is 5. The first kappa shape index (κ1) is 20.8. The molecule has 0 radical (unpaired) electrons. The Morgan fingerprint density at radius 3 is 2.47 bits per heavy atom. The number of ether oxygens (including phenoxy) is 1. The first-order valence-electron chi connectivity index (χ1n) is 9.23. The molecule has 1 heterocycles. The van der Waals surface area contributed by atoms with Gasteiger partial charge in [0.15, 0.2) is 0 Å². The molecule has 1 atom stereocenters. The van der Waals surface area contributed by atoms with Gasteiger partial charge < -0.3 is 19.7 Å². The molecule has 0 spiro atoms. The van der Waals surface area contributed by atoms with Crippen LogP contribution in [0.4, 0.5) is 0 Å². The van der Waals surface area contributed by atoms with Gasteiger partial charge in [-0.15, -0.1) is 0 Å². The van der Waals surface area contributed by atoms with Crippen molar-refractivity contribution in [2.24, 2.45) is 0 Å². The van der Waals surface area contributed by atoms with E-state index < -0.39 is 23.5 Å². The van der Waals surface area contributed by atoms with E-state index in [4.69, 9.17) is 4.74 Å². The molecule has 2 aromatic carbocycles. The van der Waals surface area contributed by atoms with E-state index in [0.717, 1.165) is 17.3 Å². The standard InChI is InChI=1S/C22H21N3O5/c1-30-17-9-7-16(8-10-17)19-13-25(21(27)12-23-19)14-20(26)24-18(22(28)29)11-15-5-3-2-4-6-15/h2-10,12-13,18H,11,14H2,1H3,(H,24,26)(H,28,29)/t18-/m1/s1. The normalized spacial score (nSPS) is 11.5. The number of carbonyl (C=O) groups is 2. The topological polar surface area (TPSA) is 111 Å². The molecule has 2 N–H and O–H groups in total. The zero-order valence-electron chi connectivity index (χ0n) is 16.3. The highest BCUT2D eigenvalue weighted by atomic mass is 16.5. The molecule has 30 heavy (non-hydrogen) atoms. The van der Waals surface area contributed by atoms with Crippen molar-refractivity contribution in [2.45, 2.75) is 19.0 Å². The largest absolute Gasteiger partial charge is 0.497 e. The molecule has 0 saturated heterocycles. The average Bonchev–Trinajstić information content (AvgIpc) is 2.75. The maximum atomic E-state index is 12.4. The van der Waals surface area contributed by atoms with Crippen molar-refractivity contribution >= 4 is 11.9 Å². The van der Waals surface area contributed by atoms with Gasteiger partial charge in [0, 0.05) is 18.2 Å². The molecular formula is C22H21N3O5. The Morgan fingerprint density at radius 2 is 1.83 bits per heavy atom. The van der Waals surface area contributed by atoms with E-state index in [1.54, 1.807) is 55.6 Å². The van der Waals surface area contributed by atoms with Crippen LogP contribution in [0.1, 0.15) is 5.56 Å². The van der Waals surface area contributed by atoms with E-state index in [-0.39, 0.29) is 13.0 Å². The second-order valence-electron chi connectivity index (χ2n) is 6.62. The van der Waals surface area contributed by atoms with Crippen LogP contribution in [0.15, 0.2) is 71.8 Å². The van der Waals surface area contributed by atoms with Crippen LogP contribution in [0.25, 0.3) is 11.3 Å². The summed E-state index contributed by atoms with van der Waals surface area (Å²) < 4.78 is 6.32. The summed E-state index contributed by atoms with van der Waals surface area (Å²) in [6, 6.07) is 15.0.